The van der Waals surface area contributed by atoms with Crippen molar-refractivity contribution in [3.8, 4) is 0 Å². The molecule has 4 heteroatoms. The second-order valence-corrected chi connectivity index (χ2v) is 5.89. The van der Waals surface area contributed by atoms with E-state index in [0.717, 1.165) is 36.5 Å². The van der Waals surface area contributed by atoms with Gasteiger partial charge >= 0.3 is 0 Å². The summed E-state index contributed by atoms with van der Waals surface area (Å²) in [5.74, 6) is -0.349. The molecule has 4 nitrogen and oxygen atoms in total. The summed E-state index contributed by atoms with van der Waals surface area (Å²) in [6.07, 6.45) is 3.97. The summed E-state index contributed by atoms with van der Waals surface area (Å²) < 4.78 is 0. The van der Waals surface area contributed by atoms with Gasteiger partial charge in [-0.1, -0.05) is 25.0 Å². The van der Waals surface area contributed by atoms with Gasteiger partial charge in [0.15, 0.2) is 0 Å². The first kappa shape index (κ1) is 12.4. The van der Waals surface area contributed by atoms with Gasteiger partial charge < -0.3 is 5.73 Å². The third kappa shape index (κ3) is 1.68. The SMILES string of the molecule is Nc1cc2c3c(cccc3c1)C(=O)N(C1CCCC1)C2=O. The number of nitrogens with zero attached hydrogens (tertiary/aromatic N) is 1. The van der Waals surface area contributed by atoms with Crippen molar-refractivity contribution in [2.24, 2.45) is 0 Å². The van der Waals surface area contributed by atoms with Crippen LogP contribution in [0.1, 0.15) is 46.4 Å². The minimum Gasteiger partial charge on any atom is -0.399 e. The Morgan fingerprint density at radius 3 is 2.48 bits per heavy atom. The average molecular weight is 280 g/mol. The zero-order chi connectivity index (χ0) is 14.6. The van der Waals surface area contributed by atoms with Crippen LogP contribution in [0.25, 0.3) is 10.8 Å². The highest BCUT2D eigenvalue weighted by atomic mass is 16.2. The summed E-state index contributed by atoms with van der Waals surface area (Å²) in [4.78, 5) is 27.0. The Bertz CT molecular complexity index is 776. The van der Waals surface area contributed by atoms with Gasteiger partial charge in [0.2, 0.25) is 0 Å². The molecule has 1 saturated carbocycles. The number of carbonyl (C=O) groups excluding carboxylic acids is 2. The largest absolute Gasteiger partial charge is 0.399 e. The van der Waals surface area contributed by atoms with Gasteiger partial charge in [-0.25, -0.2) is 0 Å². The number of hydrogen-bond donors (Lipinski definition) is 1. The molecule has 2 amide bonds. The molecule has 1 aliphatic carbocycles. The normalized spacial score (nSPS) is 18.8. The topological polar surface area (TPSA) is 63.4 Å². The van der Waals surface area contributed by atoms with Crippen molar-refractivity contribution < 1.29 is 9.59 Å². The van der Waals surface area contributed by atoms with Crippen LogP contribution in [0.4, 0.5) is 5.69 Å². The molecule has 0 bridgehead atoms. The molecule has 0 atom stereocenters. The first-order chi connectivity index (χ1) is 10.2. The summed E-state index contributed by atoms with van der Waals surface area (Å²) in [7, 11) is 0. The second-order valence-electron chi connectivity index (χ2n) is 5.89. The second kappa shape index (κ2) is 4.32. The van der Waals surface area contributed by atoms with E-state index in [9.17, 15) is 9.59 Å². The third-order valence-electron chi connectivity index (χ3n) is 4.59. The molecular formula is C17H16N2O2. The van der Waals surface area contributed by atoms with Gasteiger partial charge in [-0.3, -0.25) is 14.5 Å². The highest BCUT2D eigenvalue weighted by Gasteiger charge is 2.38. The predicted molar refractivity (Wildman–Crippen MR) is 81.1 cm³/mol. The predicted octanol–water partition coefficient (Wildman–Crippen LogP) is 2.96. The van der Waals surface area contributed by atoms with Gasteiger partial charge in [0.1, 0.15) is 0 Å². The lowest BCUT2D eigenvalue weighted by molar-refractivity contribution is 0.0542. The van der Waals surface area contributed by atoms with Gasteiger partial charge in [0, 0.05) is 22.7 Å². The summed E-state index contributed by atoms with van der Waals surface area (Å²) >= 11 is 0. The minimum absolute atomic E-state index is 0.0369. The lowest BCUT2D eigenvalue weighted by Crippen LogP contribution is -2.46. The van der Waals surface area contributed by atoms with Crippen molar-refractivity contribution in [3.63, 3.8) is 0 Å². The molecule has 1 aliphatic heterocycles. The number of carbonyl (C=O) groups is 2. The van der Waals surface area contributed by atoms with Crippen LogP contribution >= 0.6 is 0 Å². The molecule has 1 heterocycles. The van der Waals surface area contributed by atoms with Crippen molar-refractivity contribution in [3.05, 3.63) is 41.5 Å². The number of rotatable bonds is 1. The van der Waals surface area contributed by atoms with E-state index in [4.69, 9.17) is 5.73 Å². The maximum absolute atomic E-state index is 12.8. The van der Waals surface area contributed by atoms with Crippen molar-refractivity contribution in [2.75, 3.05) is 5.73 Å². The molecule has 0 aromatic heterocycles. The molecule has 0 saturated heterocycles. The quantitative estimate of drug-likeness (QED) is 0.645. The van der Waals surface area contributed by atoms with Crippen LogP contribution in [0.2, 0.25) is 0 Å². The molecule has 1 fully saturated rings. The van der Waals surface area contributed by atoms with E-state index >= 15 is 0 Å². The first-order valence-electron chi connectivity index (χ1n) is 7.37. The van der Waals surface area contributed by atoms with Crippen molar-refractivity contribution in [1.82, 2.24) is 4.90 Å². The maximum atomic E-state index is 12.8. The van der Waals surface area contributed by atoms with E-state index in [2.05, 4.69) is 0 Å². The molecule has 2 aromatic carbocycles. The van der Waals surface area contributed by atoms with Crippen LogP contribution in [0.5, 0.6) is 0 Å². The molecule has 2 aromatic rings. The molecule has 0 spiro atoms. The fourth-order valence-electron chi connectivity index (χ4n) is 3.64. The van der Waals surface area contributed by atoms with E-state index in [1.165, 1.54) is 4.90 Å². The van der Waals surface area contributed by atoms with Gasteiger partial charge in [-0.2, -0.15) is 0 Å². The average Bonchev–Trinajstić information content (AvgIpc) is 2.98. The summed E-state index contributed by atoms with van der Waals surface area (Å²) in [5, 5.41) is 1.60. The Balaban J connectivity index is 1.97. The van der Waals surface area contributed by atoms with Crippen LogP contribution in [0, 0.1) is 0 Å². The molecule has 2 N–H and O–H groups in total. The Morgan fingerprint density at radius 2 is 1.71 bits per heavy atom. The minimum atomic E-state index is -0.192. The summed E-state index contributed by atoms with van der Waals surface area (Å²) in [5.41, 5.74) is 7.66. The number of anilines is 1. The van der Waals surface area contributed by atoms with Gasteiger partial charge in [-0.05, 0) is 36.4 Å². The smallest absolute Gasteiger partial charge is 0.261 e. The molecular weight excluding hydrogens is 264 g/mol. The van der Waals surface area contributed by atoms with E-state index < -0.39 is 0 Å². The molecule has 0 unspecified atom stereocenters. The molecule has 4 rings (SSSR count). The number of nitrogens with two attached hydrogens (primary N) is 1. The monoisotopic (exact) mass is 280 g/mol. The number of benzene rings is 2. The number of nitrogen functional groups attached to an aromatic ring is 1. The highest BCUT2D eigenvalue weighted by Crippen LogP contribution is 2.35. The van der Waals surface area contributed by atoms with Crippen LogP contribution in [0.15, 0.2) is 30.3 Å². The lowest BCUT2D eigenvalue weighted by Gasteiger charge is -2.31. The lowest BCUT2D eigenvalue weighted by atomic mass is 9.92. The molecule has 2 aliphatic rings. The third-order valence-corrected chi connectivity index (χ3v) is 4.59. The molecule has 0 radical (unpaired) electrons. The van der Waals surface area contributed by atoms with E-state index in [1.807, 2.05) is 18.2 Å². The Labute approximate surface area is 122 Å². The zero-order valence-corrected chi connectivity index (χ0v) is 11.6. The Kier molecular flexibility index (Phi) is 2.55. The first-order valence-corrected chi connectivity index (χ1v) is 7.37. The Hall–Kier alpha value is -2.36. The standard InChI is InChI=1S/C17H16N2O2/c18-11-8-10-4-3-7-13-15(10)14(9-11)17(21)19(16(13)20)12-5-1-2-6-12/h3-4,7-9,12H,1-2,5-6,18H2. The Morgan fingerprint density at radius 1 is 1.00 bits per heavy atom. The molecule has 106 valence electrons. The van der Waals surface area contributed by atoms with Gasteiger partial charge in [0.25, 0.3) is 11.8 Å². The van der Waals surface area contributed by atoms with Gasteiger partial charge in [-0.15, -0.1) is 0 Å². The fraction of sp³-hybridized carbons (Fsp3) is 0.294. The zero-order valence-electron chi connectivity index (χ0n) is 11.6. The van der Waals surface area contributed by atoms with Crippen LogP contribution < -0.4 is 5.73 Å². The van der Waals surface area contributed by atoms with Crippen LogP contribution in [0.3, 0.4) is 0 Å². The fourth-order valence-corrected chi connectivity index (χ4v) is 3.64. The van der Waals surface area contributed by atoms with E-state index in [-0.39, 0.29) is 17.9 Å². The van der Waals surface area contributed by atoms with Crippen molar-refractivity contribution in [1.29, 1.82) is 0 Å². The number of imide groups is 1. The number of amides is 2. The highest BCUT2D eigenvalue weighted by molar-refractivity contribution is 6.26. The van der Waals surface area contributed by atoms with E-state index in [0.29, 0.717) is 16.8 Å². The van der Waals surface area contributed by atoms with Crippen LogP contribution in [-0.4, -0.2) is 22.8 Å². The van der Waals surface area contributed by atoms with Crippen molar-refractivity contribution >= 4 is 28.3 Å². The summed E-state index contributed by atoms with van der Waals surface area (Å²) in [6.45, 7) is 0. The maximum Gasteiger partial charge on any atom is 0.261 e. The van der Waals surface area contributed by atoms with Crippen LogP contribution in [-0.2, 0) is 0 Å². The van der Waals surface area contributed by atoms with E-state index in [1.54, 1.807) is 12.1 Å². The van der Waals surface area contributed by atoms with Crippen molar-refractivity contribution in [2.45, 2.75) is 31.7 Å². The summed E-state index contributed by atoms with van der Waals surface area (Å²) in [6, 6.07) is 9.09. The molecule has 21 heavy (non-hydrogen) atoms. The number of hydrogen-bond acceptors (Lipinski definition) is 3. The van der Waals surface area contributed by atoms with Gasteiger partial charge in [0.05, 0.1) is 5.56 Å².